The van der Waals surface area contributed by atoms with Gasteiger partial charge < -0.3 is 0 Å². The molecule has 2 rings (SSSR count). The van der Waals surface area contributed by atoms with E-state index in [-0.39, 0.29) is 0 Å². The standard InChI is InChI=1S/C12H13ClN2Se/c1-12(2,3)16-8-4-5-10-9(6-8)11(13)15-7-14-10/h4-7H,1-3H3. The van der Waals surface area contributed by atoms with E-state index < -0.39 is 0 Å². The summed E-state index contributed by atoms with van der Waals surface area (Å²) in [5.41, 5.74) is 0.911. The van der Waals surface area contributed by atoms with E-state index in [0.29, 0.717) is 24.4 Å². The molecule has 2 nitrogen and oxygen atoms in total. The van der Waals surface area contributed by atoms with E-state index in [0.717, 1.165) is 10.9 Å². The number of hydrogen-bond donors (Lipinski definition) is 0. The van der Waals surface area contributed by atoms with E-state index >= 15 is 0 Å². The van der Waals surface area contributed by atoms with Crippen LogP contribution in [0.15, 0.2) is 24.5 Å². The molecule has 0 aliphatic heterocycles. The van der Waals surface area contributed by atoms with Crippen molar-refractivity contribution in [3.63, 3.8) is 0 Å². The van der Waals surface area contributed by atoms with Gasteiger partial charge in [-0.15, -0.1) is 0 Å². The Kier molecular flexibility index (Phi) is 3.20. The van der Waals surface area contributed by atoms with Crippen molar-refractivity contribution < 1.29 is 0 Å². The average molecular weight is 300 g/mol. The Morgan fingerprint density at radius 1 is 1.19 bits per heavy atom. The average Bonchev–Trinajstić information content (AvgIpc) is 2.17. The van der Waals surface area contributed by atoms with Crippen molar-refractivity contribution in [2.45, 2.75) is 25.1 Å². The molecule has 0 spiro atoms. The van der Waals surface area contributed by atoms with Crippen LogP contribution in [0.3, 0.4) is 0 Å². The molecular formula is C12H13ClN2Se. The SMILES string of the molecule is CC(C)(C)[Se]c1ccc2ncnc(Cl)c2c1. The number of fused-ring (bicyclic) bond motifs is 1. The van der Waals surface area contributed by atoms with Gasteiger partial charge in [-0.1, -0.05) is 0 Å². The van der Waals surface area contributed by atoms with Gasteiger partial charge in [0.15, 0.2) is 0 Å². The topological polar surface area (TPSA) is 25.8 Å². The molecule has 0 saturated carbocycles. The predicted molar refractivity (Wildman–Crippen MR) is 69.7 cm³/mol. The number of halogens is 1. The molecule has 0 bridgehead atoms. The first-order valence-corrected chi connectivity index (χ1v) is 7.14. The predicted octanol–water partition coefficient (Wildman–Crippen LogP) is 2.83. The summed E-state index contributed by atoms with van der Waals surface area (Å²) < 4.78 is 1.67. The zero-order valence-electron chi connectivity index (χ0n) is 9.49. The molecule has 16 heavy (non-hydrogen) atoms. The molecule has 0 radical (unpaired) electrons. The third-order valence-corrected chi connectivity index (χ3v) is 4.60. The molecule has 1 aromatic heterocycles. The molecule has 0 aliphatic carbocycles. The number of aromatic nitrogens is 2. The van der Waals surface area contributed by atoms with Crippen LogP contribution in [0.25, 0.3) is 10.9 Å². The van der Waals surface area contributed by atoms with Crippen molar-refractivity contribution in [3.05, 3.63) is 29.7 Å². The molecule has 1 aromatic carbocycles. The summed E-state index contributed by atoms with van der Waals surface area (Å²) in [5.74, 6) is 0. The van der Waals surface area contributed by atoms with Gasteiger partial charge in [0.2, 0.25) is 0 Å². The Bertz CT molecular complexity index is 520. The fourth-order valence-corrected chi connectivity index (χ4v) is 3.76. The molecule has 0 saturated heterocycles. The second-order valence-electron chi connectivity index (χ2n) is 4.56. The molecule has 0 unspecified atom stereocenters. The molecule has 0 atom stereocenters. The van der Waals surface area contributed by atoms with Gasteiger partial charge in [-0.25, -0.2) is 0 Å². The first kappa shape index (κ1) is 11.8. The van der Waals surface area contributed by atoms with Crippen molar-refractivity contribution in [1.29, 1.82) is 0 Å². The summed E-state index contributed by atoms with van der Waals surface area (Å²) in [6.45, 7) is 6.75. The fourth-order valence-electron chi connectivity index (χ4n) is 1.42. The van der Waals surface area contributed by atoms with E-state index in [1.807, 2.05) is 6.07 Å². The third kappa shape index (κ3) is 2.73. The summed E-state index contributed by atoms with van der Waals surface area (Å²) in [4.78, 5) is 8.20. The van der Waals surface area contributed by atoms with Crippen LogP contribution in [0.1, 0.15) is 20.8 Å². The van der Waals surface area contributed by atoms with Crippen LogP contribution in [0.5, 0.6) is 0 Å². The summed E-state index contributed by atoms with van der Waals surface area (Å²) >= 11 is 6.49. The zero-order valence-corrected chi connectivity index (χ0v) is 12.0. The Hall–Kier alpha value is -0.631. The van der Waals surface area contributed by atoms with Gasteiger partial charge in [0, 0.05) is 0 Å². The molecule has 0 N–H and O–H groups in total. The molecular weight excluding hydrogens is 287 g/mol. The molecule has 0 amide bonds. The fraction of sp³-hybridized carbons (Fsp3) is 0.333. The normalized spacial score (nSPS) is 12.0. The van der Waals surface area contributed by atoms with Crippen molar-refractivity contribution in [2.24, 2.45) is 0 Å². The van der Waals surface area contributed by atoms with E-state index in [2.05, 4.69) is 42.9 Å². The first-order chi connectivity index (χ1) is 7.46. The Balaban J connectivity index is 2.47. The minimum atomic E-state index is 0.336. The number of hydrogen-bond acceptors (Lipinski definition) is 2. The van der Waals surface area contributed by atoms with E-state index in [4.69, 9.17) is 11.6 Å². The summed E-state index contributed by atoms with van der Waals surface area (Å²) in [7, 11) is 0. The van der Waals surface area contributed by atoms with Gasteiger partial charge >= 0.3 is 107 Å². The van der Waals surface area contributed by atoms with Gasteiger partial charge in [-0.2, -0.15) is 0 Å². The maximum absolute atomic E-state index is 6.06. The maximum atomic E-state index is 6.06. The molecule has 0 aliphatic rings. The molecule has 2 aromatic rings. The second-order valence-corrected chi connectivity index (χ2v) is 8.90. The van der Waals surface area contributed by atoms with Gasteiger partial charge in [0.1, 0.15) is 0 Å². The summed E-state index contributed by atoms with van der Waals surface area (Å²) in [6.07, 6.45) is 1.50. The van der Waals surface area contributed by atoms with Gasteiger partial charge in [-0.05, 0) is 0 Å². The number of rotatable bonds is 1. The Labute approximate surface area is 107 Å². The van der Waals surface area contributed by atoms with Crippen LogP contribution in [-0.2, 0) is 0 Å². The van der Waals surface area contributed by atoms with Gasteiger partial charge in [-0.3, -0.25) is 0 Å². The zero-order chi connectivity index (χ0) is 11.8. The Morgan fingerprint density at radius 3 is 2.62 bits per heavy atom. The molecule has 84 valence electrons. The van der Waals surface area contributed by atoms with Crippen LogP contribution in [0, 0.1) is 0 Å². The Morgan fingerprint density at radius 2 is 1.94 bits per heavy atom. The summed E-state index contributed by atoms with van der Waals surface area (Å²) in [5, 5.41) is 1.49. The third-order valence-electron chi connectivity index (χ3n) is 1.98. The molecule has 4 heteroatoms. The van der Waals surface area contributed by atoms with Gasteiger partial charge in [0.25, 0.3) is 0 Å². The number of benzene rings is 1. The molecule has 1 heterocycles. The van der Waals surface area contributed by atoms with Crippen molar-refractivity contribution >= 4 is 41.9 Å². The first-order valence-electron chi connectivity index (χ1n) is 5.05. The van der Waals surface area contributed by atoms with Crippen molar-refractivity contribution in [3.8, 4) is 0 Å². The van der Waals surface area contributed by atoms with E-state index in [1.54, 1.807) is 0 Å². The second kappa shape index (κ2) is 4.32. The van der Waals surface area contributed by atoms with Crippen LogP contribution in [-0.4, -0.2) is 24.9 Å². The van der Waals surface area contributed by atoms with Crippen LogP contribution in [0.2, 0.25) is 9.47 Å². The van der Waals surface area contributed by atoms with Crippen molar-refractivity contribution in [2.75, 3.05) is 0 Å². The summed E-state index contributed by atoms with van der Waals surface area (Å²) in [6, 6.07) is 6.27. The van der Waals surface area contributed by atoms with Crippen molar-refractivity contribution in [1.82, 2.24) is 9.97 Å². The monoisotopic (exact) mass is 300 g/mol. The molecule has 0 fully saturated rings. The van der Waals surface area contributed by atoms with Crippen LogP contribution < -0.4 is 4.46 Å². The van der Waals surface area contributed by atoms with Gasteiger partial charge in [0.05, 0.1) is 0 Å². The quantitative estimate of drug-likeness (QED) is 0.598. The van der Waals surface area contributed by atoms with E-state index in [9.17, 15) is 0 Å². The minimum absolute atomic E-state index is 0.336. The van der Waals surface area contributed by atoms with Crippen LogP contribution in [0.4, 0.5) is 0 Å². The number of nitrogens with zero attached hydrogens (tertiary/aromatic N) is 2. The van der Waals surface area contributed by atoms with Crippen LogP contribution >= 0.6 is 11.6 Å². The van der Waals surface area contributed by atoms with E-state index in [1.165, 1.54) is 10.8 Å².